The molecule has 10 nitrogen and oxygen atoms in total. The van der Waals surface area contributed by atoms with Gasteiger partial charge in [0.05, 0.1) is 23.0 Å². The van der Waals surface area contributed by atoms with Crippen LogP contribution in [-0.2, 0) is 15.0 Å². The maximum atomic E-state index is 13.8. The fourth-order valence-corrected chi connectivity index (χ4v) is 6.41. The van der Waals surface area contributed by atoms with Crippen LogP contribution in [0.2, 0.25) is 0 Å². The summed E-state index contributed by atoms with van der Waals surface area (Å²) < 4.78 is 2.06. The van der Waals surface area contributed by atoms with E-state index in [1.54, 1.807) is 6.07 Å². The van der Waals surface area contributed by atoms with Gasteiger partial charge in [-0.1, -0.05) is 39.0 Å². The first-order valence-electron chi connectivity index (χ1n) is 15.9. The van der Waals surface area contributed by atoms with E-state index in [2.05, 4.69) is 35.1 Å². The van der Waals surface area contributed by atoms with Crippen LogP contribution in [0, 0.1) is 12.3 Å². The van der Waals surface area contributed by atoms with Gasteiger partial charge in [0.15, 0.2) is 5.82 Å². The molecule has 1 fully saturated rings. The Morgan fingerprint density at radius 2 is 1.78 bits per heavy atom. The predicted molar refractivity (Wildman–Crippen MR) is 181 cm³/mol. The van der Waals surface area contributed by atoms with Crippen LogP contribution in [-0.4, -0.2) is 44.3 Å². The van der Waals surface area contributed by atoms with Gasteiger partial charge < -0.3 is 25.8 Å². The number of carbonyl (C=O) groups excluding carboxylic acids is 3. The lowest BCUT2D eigenvalue weighted by Gasteiger charge is -2.43. The van der Waals surface area contributed by atoms with E-state index in [1.807, 2.05) is 83.1 Å². The number of nitrogens with zero attached hydrogens (tertiary/aromatic N) is 4. The Labute approximate surface area is 269 Å². The van der Waals surface area contributed by atoms with Crippen LogP contribution in [0.5, 0.6) is 0 Å². The minimum Gasteiger partial charge on any atom is -0.366 e. The number of fused-ring (bicyclic) bond motifs is 2. The second kappa shape index (κ2) is 11.0. The topological polar surface area (TPSA) is 135 Å². The van der Waals surface area contributed by atoms with E-state index in [0.29, 0.717) is 35.6 Å². The largest absolute Gasteiger partial charge is 0.366 e. The zero-order valence-corrected chi connectivity index (χ0v) is 27.9. The summed E-state index contributed by atoms with van der Waals surface area (Å²) in [6.07, 6.45) is 3.23. The lowest BCUT2D eigenvalue weighted by atomic mass is 9.83. The molecule has 4 N–H and O–H groups in total. The van der Waals surface area contributed by atoms with Crippen molar-refractivity contribution in [2.45, 2.75) is 91.8 Å². The van der Waals surface area contributed by atoms with Crippen LogP contribution in [0.25, 0.3) is 22.3 Å². The summed E-state index contributed by atoms with van der Waals surface area (Å²) in [7, 11) is 0. The van der Waals surface area contributed by atoms with Crippen LogP contribution in [0.1, 0.15) is 88.8 Å². The van der Waals surface area contributed by atoms with E-state index in [1.165, 1.54) is 0 Å². The molecule has 0 unspecified atom stereocenters. The number of amides is 3. The first kappa shape index (κ1) is 31.3. The Morgan fingerprint density at radius 3 is 2.43 bits per heavy atom. The van der Waals surface area contributed by atoms with Gasteiger partial charge in [0, 0.05) is 46.0 Å². The molecule has 0 bridgehead atoms. The van der Waals surface area contributed by atoms with E-state index in [9.17, 15) is 14.4 Å². The molecule has 4 aromatic rings. The quantitative estimate of drug-likeness (QED) is 0.227. The molecule has 10 heteroatoms. The summed E-state index contributed by atoms with van der Waals surface area (Å²) in [5, 5.41) is 6.57. The number of pyridine rings is 1. The van der Waals surface area contributed by atoms with Crippen molar-refractivity contribution in [1.29, 1.82) is 0 Å². The number of carbonyl (C=O) groups is 3. The number of nitrogens with two attached hydrogens (primary N) is 1. The predicted octanol–water partition coefficient (Wildman–Crippen LogP) is 6.15. The molecule has 1 aliphatic heterocycles. The number of imidazole rings is 1. The van der Waals surface area contributed by atoms with Crippen molar-refractivity contribution in [3.05, 3.63) is 65.5 Å². The maximum absolute atomic E-state index is 13.8. The number of hydrogen-bond donors (Lipinski definition) is 3. The van der Waals surface area contributed by atoms with E-state index >= 15 is 0 Å². The average molecular weight is 622 g/mol. The Bertz CT molecular complexity index is 1890. The number of anilines is 3. The van der Waals surface area contributed by atoms with Gasteiger partial charge in [-0.05, 0) is 82.9 Å². The van der Waals surface area contributed by atoms with Crippen LogP contribution in [0.15, 0.2) is 48.8 Å². The highest BCUT2D eigenvalue weighted by Gasteiger charge is 2.49. The molecular weight excluding hydrogens is 578 g/mol. The summed E-state index contributed by atoms with van der Waals surface area (Å²) in [4.78, 5) is 50.2. The fourth-order valence-electron chi connectivity index (χ4n) is 6.41. The molecular formula is C36H43N7O3. The highest BCUT2D eigenvalue weighted by molar-refractivity contribution is 6.09. The van der Waals surface area contributed by atoms with E-state index in [0.717, 1.165) is 33.4 Å². The van der Waals surface area contributed by atoms with Crippen molar-refractivity contribution in [3.63, 3.8) is 0 Å². The summed E-state index contributed by atoms with van der Waals surface area (Å²) in [5.41, 5.74) is 11.5. The average Bonchev–Trinajstić information content (AvgIpc) is 3.48. The molecule has 1 saturated carbocycles. The lowest BCUT2D eigenvalue weighted by Crippen LogP contribution is -2.57. The second-order valence-corrected chi connectivity index (χ2v) is 14.6. The van der Waals surface area contributed by atoms with Crippen molar-refractivity contribution in [2.75, 3.05) is 10.2 Å². The smallest absolute Gasteiger partial charge is 0.249 e. The molecule has 2 aliphatic rings. The van der Waals surface area contributed by atoms with Gasteiger partial charge in [-0.25, -0.2) is 9.97 Å². The minimum absolute atomic E-state index is 0.00365. The zero-order valence-electron chi connectivity index (χ0n) is 27.9. The van der Waals surface area contributed by atoms with Crippen molar-refractivity contribution in [3.8, 4) is 11.3 Å². The Balaban J connectivity index is 1.38. The number of benzene rings is 2. The van der Waals surface area contributed by atoms with Gasteiger partial charge in [-0.3, -0.25) is 14.4 Å². The molecule has 2 aromatic heterocycles. The van der Waals surface area contributed by atoms with Gasteiger partial charge in [0.1, 0.15) is 5.52 Å². The van der Waals surface area contributed by atoms with Crippen LogP contribution < -0.4 is 21.3 Å². The van der Waals surface area contributed by atoms with Crippen molar-refractivity contribution < 1.29 is 14.4 Å². The Hall–Kier alpha value is -4.73. The SMILES string of the molecule is Cc1ccc(Nc2nc(-c3ccc4c(c3)N(C3CC(NC(=O)C(C)(C)C)C3)C(=O)C4(C)C)cc3ncn(C(C)C)c23)cc1C(N)=O. The molecule has 2 aromatic carbocycles. The Kier molecular flexibility index (Phi) is 7.45. The summed E-state index contributed by atoms with van der Waals surface area (Å²) >= 11 is 0. The van der Waals surface area contributed by atoms with Gasteiger partial charge >= 0.3 is 0 Å². The zero-order chi connectivity index (χ0) is 33.3. The first-order valence-corrected chi connectivity index (χ1v) is 15.9. The summed E-state index contributed by atoms with van der Waals surface area (Å²) in [5.74, 6) is 0.197. The number of primary amides is 1. The van der Waals surface area contributed by atoms with E-state index in [4.69, 9.17) is 15.7 Å². The standard InChI is InChI=1S/C36H43N7O3/c1-19(2)42-18-38-28-17-27(41-32(30(28)42)39-22-11-9-20(3)25(16-22)31(37)44)21-10-12-26-29(13-21)43(34(46)36(26,7)8)24-14-23(15-24)40-33(45)35(4,5)6/h9-13,16-19,23-24H,14-15H2,1-8H3,(H2,37,44)(H,39,41)(H,40,45). The molecule has 1 aliphatic carbocycles. The fraction of sp³-hybridized carbons (Fsp3) is 0.417. The minimum atomic E-state index is -0.669. The maximum Gasteiger partial charge on any atom is 0.249 e. The number of rotatable bonds is 7. The molecule has 3 heterocycles. The third kappa shape index (κ3) is 5.29. The molecule has 240 valence electrons. The monoisotopic (exact) mass is 621 g/mol. The molecule has 3 amide bonds. The molecule has 0 saturated heterocycles. The molecule has 0 radical (unpaired) electrons. The number of hydrogen-bond acceptors (Lipinski definition) is 6. The van der Waals surface area contributed by atoms with Crippen molar-refractivity contribution in [1.82, 2.24) is 19.9 Å². The summed E-state index contributed by atoms with van der Waals surface area (Å²) in [6.45, 7) is 15.7. The second-order valence-electron chi connectivity index (χ2n) is 14.6. The summed E-state index contributed by atoms with van der Waals surface area (Å²) in [6, 6.07) is 13.8. The third-order valence-corrected chi connectivity index (χ3v) is 9.35. The van der Waals surface area contributed by atoms with Gasteiger partial charge in [0.2, 0.25) is 17.7 Å². The van der Waals surface area contributed by atoms with Gasteiger partial charge in [-0.15, -0.1) is 0 Å². The van der Waals surface area contributed by atoms with Crippen molar-refractivity contribution in [2.24, 2.45) is 11.1 Å². The van der Waals surface area contributed by atoms with Crippen LogP contribution in [0.3, 0.4) is 0 Å². The van der Waals surface area contributed by atoms with E-state index < -0.39 is 16.7 Å². The molecule has 0 atom stereocenters. The first-order chi connectivity index (χ1) is 21.6. The number of nitrogens with one attached hydrogen (secondary N) is 2. The molecule has 6 rings (SSSR count). The van der Waals surface area contributed by atoms with E-state index in [-0.39, 0.29) is 29.9 Å². The van der Waals surface area contributed by atoms with Crippen molar-refractivity contribution >= 4 is 45.9 Å². The molecule has 46 heavy (non-hydrogen) atoms. The number of aromatic nitrogens is 3. The van der Waals surface area contributed by atoms with Gasteiger partial charge in [0.25, 0.3) is 0 Å². The normalized spacial score (nSPS) is 18.9. The number of aryl methyl sites for hydroxylation is 1. The highest BCUT2D eigenvalue weighted by Crippen LogP contribution is 2.47. The van der Waals surface area contributed by atoms with Gasteiger partial charge in [-0.2, -0.15) is 0 Å². The lowest BCUT2D eigenvalue weighted by molar-refractivity contribution is -0.129. The molecule has 0 spiro atoms. The highest BCUT2D eigenvalue weighted by atomic mass is 16.2. The van der Waals surface area contributed by atoms with Crippen LogP contribution in [0.4, 0.5) is 17.2 Å². The Morgan fingerprint density at radius 1 is 1.07 bits per heavy atom. The van der Waals surface area contributed by atoms with Crippen LogP contribution >= 0.6 is 0 Å². The third-order valence-electron chi connectivity index (χ3n) is 9.35.